The molecule has 1 amide bonds. The fraction of sp³-hybridized carbons (Fsp3) is 0.364. The van der Waals surface area contributed by atoms with Crippen molar-refractivity contribution >= 4 is 33.8 Å². The van der Waals surface area contributed by atoms with E-state index in [0.29, 0.717) is 21.5 Å². The highest BCUT2D eigenvalue weighted by atomic mass is 32.1. The van der Waals surface area contributed by atoms with E-state index in [-0.39, 0.29) is 18.0 Å². The Bertz CT molecular complexity index is 1060. The number of hydrogen-bond donors (Lipinski definition) is 2. The van der Waals surface area contributed by atoms with Gasteiger partial charge in [-0.1, -0.05) is 18.2 Å². The van der Waals surface area contributed by atoms with Gasteiger partial charge in [0.15, 0.2) is 0 Å². The normalized spacial score (nSPS) is 19.6. The number of aryl methyl sites for hydroxylation is 1. The smallest absolute Gasteiger partial charge is 0.382 e. The predicted octanol–water partition coefficient (Wildman–Crippen LogP) is 5.78. The number of hydrogen-bond acceptors (Lipinski definition) is 4. The summed E-state index contributed by atoms with van der Waals surface area (Å²) in [5.74, 6) is -0.0561. The minimum Gasteiger partial charge on any atom is -0.382 e. The van der Waals surface area contributed by atoms with Crippen LogP contribution in [0.15, 0.2) is 41.8 Å². The van der Waals surface area contributed by atoms with Crippen LogP contribution in [0.25, 0.3) is 10.9 Å². The Kier molecular flexibility index (Phi) is 5.69. The highest BCUT2D eigenvalue weighted by Gasteiger charge is 2.33. The number of benzene rings is 1. The molecule has 30 heavy (non-hydrogen) atoms. The molecule has 0 aliphatic heterocycles. The summed E-state index contributed by atoms with van der Waals surface area (Å²) in [5, 5.41) is 8.99. The van der Waals surface area contributed by atoms with E-state index in [1.807, 2.05) is 18.4 Å². The lowest BCUT2D eigenvalue weighted by Gasteiger charge is -2.30. The number of para-hydroxylation sites is 1. The van der Waals surface area contributed by atoms with Gasteiger partial charge >= 0.3 is 6.18 Å². The summed E-state index contributed by atoms with van der Waals surface area (Å²) >= 11 is 1.43. The second-order valence-corrected chi connectivity index (χ2v) is 8.64. The van der Waals surface area contributed by atoms with Crippen molar-refractivity contribution in [2.45, 2.75) is 50.9 Å². The molecule has 1 fully saturated rings. The molecule has 0 saturated heterocycles. The number of thiophene rings is 1. The first-order valence-corrected chi connectivity index (χ1v) is 10.8. The van der Waals surface area contributed by atoms with Crippen molar-refractivity contribution in [1.29, 1.82) is 0 Å². The number of fused-ring (bicyclic) bond motifs is 1. The van der Waals surface area contributed by atoms with Gasteiger partial charge in [0.2, 0.25) is 0 Å². The molecule has 4 rings (SSSR count). The molecule has 2 N–H and O–H groups in total. The van der Waals surface area contributed by atoms with Crippen molar-refractivity contribution in [2.75, 3.05) is 5.32 Å². The molecule has 0 atom stereocenters. The number of nitrogens with one attached hydrogen (secondary N) is 2. The molecule has 1 aliphatic rings. The maximum atomic E-state index is 13.3. The Morgan fingerprint density at radius 1 is 1.10 bits per heavy atom. The van der Waals surface area contributed by atoms with Gasteiger partial charge in [-0.15, -0.1) is 11.3 Å². The van der Waals surface area contributed by atoms with Gasteiger partial charge < -0.3 is 10.6 Å². The summed E-state index contributed by atoms with van der Waals surface area (Å²) in [5.41, 5.74) is 0.952. The zero-order valence-corrected chi connectivity index (χ0v) is 17.2. The standard InChI is InChI=1S/C22H22F3N3OS/c1-13-10-19(30-12-13)21(29)27-15-8-6-14(7-9-15)26-18-11-20(22(23,24)25)28-17-5-3-2-4-16(17)18/h2-5,10-12,14-15H,6-9H2,1H3,(H,26,28)(H,27,29). The van der Waals surface area contributed by atoms with Crippen LogP contribution in [0.5, 0.6) is 0 Å². The van der Waals surface area contributed by atoms with Gasteiger partial charge in [0, 0.05) is 23.2 Å². The Morgan fingerprint density at radius 2 is 1.80 bits per heavy atom. The molecule has 1 aliphatic carbocycles. The van der Waals surface area contributed by atoms with Crippen molar-refractivity contribution in [3.63, 3.8) is 0 Å². The molecule has 0 radical (unpaired) electrons. The second kappa shape index (κ2) is 8.26. The van der Waals surface area contributed by atoms with Crippen LogP contribution in [-0.4, -0.2) is 23.0 Å². The molecular weight excluding hydrogens is 411 g/mol. The summed E-state index contributed by atoms with van der Waals surface area (Å²) in [6.07, 6.45) is -1.40. The van der Waals surface area contributed by atoms with Gasteiger partial charge in [-0.05, 0) is 61.7 Å². The number of alkyl halides is 3. The molecule has 4 nitrogen and oxygen atoms in total. The van der Waals surface area contributed by atoms with Gasteiger partial charge in [0.05, 0.1) is 10.4 Å². The quantitative estimate of drug-likeness (QED) is 0.549. The number of carbonyl (C=O) groups excluding carboxylic acids is 1. The van der Waals surface area contributed by atoms with Crippen molar-refractivity contribution in [3.05, 3.63) is 57.9 Å². The van der Waals surface area contributed by atoms with Crippen LogP contribution in [0.2, 0.25) is 0 Å². The van der Waals surface area contributed by atoms with Crippen LogP contribution in [0, 0.1) is 6.92 Å². The molecule has 1 saturated carbocycles. The number of rotatable bonds is 4. The first-order valence-electron chi connectivity index (χ1n) is 9.89. The van der Waals surface area contributed by atoms with Crippen LogP contribution in [0.4, 0.5) is 18.9 Å². The molecule has 0 bridgehead atoms. The van der Waals surface area contributed by atoms with Crippen molar-refractivity contribution < 1.29 is 18.0 Å². The number of carbonyl (C=O) groups is 1. The van der Waals surface area contributed by atoms with Gasteiger partial charge in [0.1, 0.15) is 5.69 Å². The highest BCUT2D eigenvalue weighted by Crippen LogP contribution is 2.34. The molecule has 158 valence electrons. The maximum Gasteiger partial charge on any atom is 0.433 e. The van der Waals surface area contributed by atoms with Gasteiger partial charge in [-0.3, -0.25) is 4.79 Å². The van der Waals surface area contributed by atoms with E-state index in [1.54, 1.807) is 24.3 Å². The lowest BCUT2D eigenvalue weighted by molar-refractivity contribution is -0.140. The van der Waals surface area contributed by atoms with Crippen LogP contribution < -0.4 is 10.6 Å². The average molecular weight is 433 g/mol. The van der Waals surface area contributed by atoms with Crippen LogP contribution >= 0.6 is 11.3 Å². The molecule has 1 aromatic carbocycles. The second-order valence-electron chi connectivity index (χ2n) is 7.72. The van der Waals surface area contributed by atoms with E-state index in [1.165, 1.54) is 11.3 Å². The molecular formula is C22H22F3N3OS. The summed E-state index contributed by atoms with van der Waals surface area (Å²) < 4.78 is 39.8. The monoisotopic (exact) mass is 433 g/mol. The van der Waals surface area contributed by atoms with E-state index >= 15 is 0 Å². The summed E-state index contributed by atoms with van der Waals surface area (Å²) in [4.78, 5) is 16.8. The number of anilines is 1. The van der Waals surface area contributed by atoms with Crippen molar-refractivity contribution in [3.8, 4) is 0 Å². The third kappa shape index (κ3) is 4.59. The Hall–Kier alpha value is -2.61. The maximum absolute atomic E-state index is 13.3. The first kappa shape index (κ1) is 20.7. The lowest BCUT2D eigenvalue weighted by Crippen LogP contribution is -2.40. The third-order valence-electron chi connectivity index (χ3n) is 5.38. The van der Waals surface area contributed by atoms with Gasteiger partial charge in [0.25, 0.3) is 5.91 Å². The lowest BCUT2D eigenvalue weighted by atomic mass is 9.90. The molecule has 3 aromatic rings. The minimum atomic E-state index is -4.50. The van der Waals surface area contributed by atoms with Gasteiger partial charge in [-0.2, -0.15) is 13.2 Å². The fourth-order valence-electron chi connectivity index (χ4n) is 3.85. The summed E-state index contributed by atoms with van der Waals surface area (Å²) in [6, 6.07) is 9.94. The predicted molar refractivity (Wildman–Crippen MR) is 113 cm³/mol. The van der Waals surface area contributed by atoms with Crippen LogP contribution in [0.1, 0.15) is 46.6 Å². The van der Waals surface area contributed by atoms with E-state index in [0.717, 1.165) is 37.3 Å². The SMILES string of the molecule is Cc1csc(C(=O)NC2CCC(Nc3cc(C(F)(F)F)nc4ccccc34)CC2)c1. The molecule has 2 heterocycles. The molecule has 0 spiro atoms. The highest BCUT2D eigenvalue weighted by molar-refractivity contribution is 7.12. The zero-order valence-electron chi connectivity index (χ0n) is 16.4. The number of halogens is 3. The Labute approximate surface area is 176 Å². The number of nitrogens with zero attached hydrogens (tertiary/aromatic N) is 1. The van der Waals surface area contributed by atoms with E-state index in [2.05, 4.69) is 15.6 Å². The van der Waals surface area contributed by atoms with Gasteiger partial charge in [-0.25, -0.2) is 4.98 Å². The number of amides is 1. The summed E-state index contributed by atoms with van der Waals surface area (Å²) in [7, 11) is 0. The topological polar surface area (TPSA) is 54.0 Å². The van der Waals surface area contributed by atoms with Crippen LogP contribution in [0.3, 0.4) is 0 Å². The Balaban J connectivity index is 1.42. The van der Waals surface area contributed by atoms with E-state index in [4.69, 9.17) is 0 Å². The van der Waals surface area contributed by atoms with E-state index in [9.17, 15) is 18.0 Å². The largest absolute Gasteiger partial charge is 0.433 e. The molecule has 0 unspecified atom stereocenters. The third-order valence-corrected chi connectivity index (χ3v) is 6.43. The number of aromatic nitrogens is 1. The zero-order chi connectivity index (χ0) is 21.3. The van der Waals surface area contributed by atoms with Crippen molar-refractivity contribution in [1.82, 2.24) is 10.3 Å². The molecule has 2 aromatic heterocycles. The average Bonchev–Trinajstić information content (AvgIpc) is 3.15. The van der Waals surface area contributed by atoms with E-state index < -0.39 is 11.9 Å². The number of pyridine rings is 1. The Morgan fingerprint density at radius 3 is 2.47 bits per heavy atom. The molecule has 8 heteroatoms. The summed E-state index contributed by atoms with van der Waals surface area (Å²) in [6.45, 7) is 1.96. The fourth-order valence-corrected chi connectivity index (χ4v) is 4.65. The van der Waals surface area contributed by atoms with Crippen LogP contribution in [-0.2, 0) is 6.18 Å². The van der Waals surface area contributed by atoms with Crippen molar-refractivity contribution in [2.24, 2.45) is 0 Å². The minimum absolute atomic E-state index is 0.0500. The first-order chi connectivity index (χ1) is 14.3.